The van der Waals surface area contributed by atoms with Gasteiger partial charge in [-0.2, -0.15) is 0 Å². The van der Waals surface area contributed by atoms with Crippen LogP contribution in [0.4, 0.5) is 5.69 Å². The van der Waals surface area contributed by atoms with Crippen LogP contribution in [0.15, 0.2) is 78.9 Å². The van der Waals surface area contributed by atoms with E-state index in [4.69, 9.17) is 4.74 Å². The van der Waals surface area contributed by atoms with Gasteiger partial charge in [0.1, 0.15) is 6.61 Å². The largest absolute Gasteiger partial charge is 0.457 e. The van der Waals surface area contributed by atoms with Gasteiger partial charge in [-0.25, -0.2) is 4.79 Å². The highest BCUT2D eigenvalue weighted by atomic mass is 16.6. The maximum absolute atomic E-state index is 12.3. The number of benzene rings is 3. The van der Waals surface area contributed by atoms with Crippen LogP contribution in [0.25, 0.3) is 22.3 Å². The van der Waals surface area contributed by atoms with E-state index in [1.54, 1.807) is 12.1 Å². The van der Waals surface area contributed by atoms with Crippen LogP contribution in [0.1, 0.15) is 11.1 Å². The van der Waals surface area contributed by atoms with Crippen molar-refractivity contribution in [3.63, 3.8) is 0 Å². The van der Waals surface area contributed by atoms with Gasteiger partial charge >= 0.3 is 5.97 Å². The van der Waals surface area contributed by atoms with Crippen LogP contribution >= 0.6 is 0 Å². The van der Waals surface area contributed by atoms with Crippen LogP contribution in [-0.4, -0.2) is 17.5 Å². The van der Waals surface area contributed by atoms with E-state index in [1.807, 2.05) is 54.6 Å². The van der Waals surface area contributed by atoms with Gasteiger partial charge in [-0.3, -0.25) is 10.1 Å². The summed E-state index contributed by atoms with van der Waals surface area (Å²) in [6.07, 6.45) is 0. The lowest BCUT2D eigenvalue weighted by Crippen LogP contribution is -1.98. The number of carbonyl (C=O) groups excluding carboxylic acids is 1. The number of nitrogens with zero attached hydrogens (tertiary/aromatic N) is 1. The van der Waals surface area contributed by atoms with E-state index in [2.05, 4.69) is 0 Å². The van der Waals surface area contributed by atoms with Crippen LogP contribution in [0.3, 0.4) is 0 Å². The molecule has 27 heavy (non-hydrogen) atoms. The molecule has 0 aromatic heterocycles. The van der Waals surface area contributed by atoms with E-state index in [0.29, 0.717) is 11.1 Å². The van der Waals surface area contributed by atoms with Crippen molar-refractivity contribution in [1.29, 1.82) is 0 Å². The average Bonchev–Trinajstić information content (AvgIpc) is 3.10. The summed E-state index contributed by atoms with van der Waals surface area (Å²) in [5.74, 6) is -0.411. The van der Waals surface area contributed by atoms with E-state index in [1.165, 1.54) is 12.1 Å². The van der Waals surface area contributed by atoms with Crippen molar-refractivity contribution in [3.05, 3.63) is 100 Å². The number of carbonyl (C=O) groups is 1. The minimum absolute atomic E-state index is 0.0144. The van der Waals surface area contributed by atoms with Crippen LogP contribution in [0, 0.1) is 10.1 Å². The summed E-state index contributed by atoms with van der Waals surface area (Å²) in [4.78, 5) is 22.6. The van der Waals surface area contributed by atoms with Crippen molar-refractivity contribution in [1.82, 2.24) is 0 Å². The van der Waals surface area contributed by atoms with Gasteiger partial charge in [0.05, 0.1) is 10.5 Å². The summed E-state index contributed by atoms with van der Waals surface area (Å²) in [5.41, 5.74) is 4.94. The second-order valence-corrected chi connectivity index (χ2v) is 6.18. The summed E-state index contributed by atoms with van der Waals surface area (Å²) in [7, 11) is 0. The molecule has 0 spiro atoms. The zero-order valence-corrected chi connectivity index (χ0v) is 14.3. The smallest absolute Gasteiger partial charge is 0.339 e. The summed E-state index contributed by atoms with van der Waals surface area (Å²) in [6.45, 7) is 0.190. The van der Waals surface area contributed by atoms with Gasteiger partial charge in [-0.1, -0.05) is 54.6 Å². The molecule has 0 bridgehead atoms. The highest BCUT2D eigenvalue weighted by molar-refractivity contribution is 6.27. The fourth-order valence-electron chi connectivity index (χ4n) is 3.17. The third-order valence-corrected chi connectivity index (χ3v) is 4.56. The number of hydrogen-bond acceptors (Lipinski definition) is 4. The molecule has 0 amide bonds. The number of cyclic esters (lactones) is 1. The molecule has 0 radical (unpaired) electrons. The maximum Gasteiger partial charge on any atom is 0.339 e. The van der Waals surface area contributed by atoms with E-state index >= 15 is 0 Å². The molecule has 0 fully saturated rings. The van der Waals surface area contributed by atoms with E-state index in [0.717, 1.165) is 22.3 Å². The Bertz CT molecular complexity index is 1040. The first kappa shape index (κ1) is 16.7. The van der Waals surface area contributed by atoms with Crippen molar-refractivity contribution in [2.45, 2.75) is 0 Å². The molecule has 4 rings (SSSR count). The monoisotopic (exact) mass is 357 g/mol. The summed E-state index contributed by atoms with van der Waals surface area (Å²) in [6, 6.07) is 23.9. The van der Waals surface area contributed by atoms with Crippen molar-refractivity contribution < 1.29 is 14.5 Å². The molecule has 0 unspecified atom stereocenters. The van der Waals surface area contributed by atoms with Crippen LogP contribution in [0.2, 0.25) is 0 Å². The fourth-order valence-corrected chi connectivity index (χ4v) is 3.17. The summed E-state index contributed by atoms with van der Waals surface area (Å²) < 4.78 is 5.23. The van der Waals surface area contributed by atoms with Crippen molar-refractivity contribution in [2.75, 3.05) is 6.61 Å². The lowest BCUT2D eigenvalue weighted by Gasteiger charge is -2.07. The van der Waals surface area contributed by atoms with E-state index in [9.17, 15) is 14.9 Å². The molecule has 5 heteroatoms. The van der Waals surface area contributed by atoms with Crippen molar-refractivity contribution in [2.24, 2.45) is 0 Å². The van der Waals surface area contributed by atoms with Crippen LogP contribution in [-0.2, 0) is 9.53 Å². The highest BCUT2D eigenvalue weighted by Crippen LogP contribution is 2.34. The van der Waals surface area contributed by atoms with Crippen LogP contribution < -0.4 is 0 Å². The summed E-state index contributed by atoms with van der Waals surface area (Å²) >= 11 is 0. The van der Waals surface area contributed by atoms with Gasteiger partial charge in [-0.15, -0.1) is 0 Å². The maximum atomic E-state index is 12.3. The molecule has 1 aliphatic rings. The van der Waals surface area contributed by atoms with Gasteiger partial charge < -0.3 is 4.74 Å². The second kappa shape index (κ2) is 6.88. The van der Waals surface area contributed by atoms with Gasteiger partial charge in [0.15, 0.2) is 0 Å². The van der Waals surface area contributed by atoms with Gasteiger partial charge in [0.2, 0.25) is 0 Å². The Hall–Kier alpha value is -3.73. The van der Waals surface area contributed by atoms with Crippen LogP contribution in [0.5, 0.6) is 0 Å². The predicted octanol–water partition coefficient (Wildman–Crippen LogP) is 4.73. The van der Waals surface area contributed by atoms with E-state index in [-0.39, 0.29) is 12.3 Å². The first-order chi connectivity index (χ1) is 13.1. The number of esters is 1. The molecule has 1 aliphatic heterocycles. The third kappa shape index (κ3) is 3.22. The lowest BCUT2D eigenvalue weighted by molar-refractivity contribution is -0.384. The molecule has 5 nitrogen and oxygen atoms in total. The topological polar surface area (TPSA) is 69.4 Å². The van der Waals surface area contributed by atoms with Crippen molar-refractivity contribution in [3.8, 4) is 11.1 Å². The SMILES string of the molecule is O=C1OCC(c2ccc(-c3ccccc3)cc2)=C1c1ccc([N+](=O)[O-])cc1. The normalized spacial score (nSPS) is 13.6. The quantitative estimate of drug-likeness (QED) is 0.384. The Kier molecular flexibility index (Phi) is 4.26. The highest BCUT2D eigenvalue weighted by Gasteiger charge is 2.27. The Morgan fingerprint density at radius 3 is 1.93 bits per heavy atom. The van der Waals surface area contributed by atoms with Crippen molar-refractivity contribution >= 4 is 22.8 Å². The Labute approximate surface area is 155 Å². The first-order valence-electron chi connectivity index (χ1n) is 8.44. The number of nitro benzene ring substituents is 1. The minimum Gasteiger partial charge on any atom is -0.457 e. The predicted molar refractivity (Wildman–Crippen MR) is 103 cm³/mol. The van der Waals surface area contributed by atoms with Gasteiger partial charge in [-0.05, 0) is 34.4 Å². The first-order valence-corrected chi connectivity index (χ1v) is 8.44. The number of nitro groups is 1. The minimum atomic E-state index is -0.464. The molecule has 3 aromatic rings. The third-order valence-electron chi connectivity index (χ3n) is 4.56. The molecule has 3 aromatic carbocycles. The molecule has 132 valence electrons. The van der Waals surface area contributed by atoms with E-state index < -0.39 is 10.9 Å². The zero-order chi connectivity index (χ0) is 18.8. The molecule has 0 atom stereocenters. The Balaban J connectivity index is 1.72. The molecular formula is C22H15NO4. The molecule has 0 saturated heterocycles. The number of non-ortho nitro benzene ring substituents is 1. The average molecular weight is 357 g/mol. The second-order valence-electron chi connectivity index (χ2n) is 6.18. The Morgan fingerprint density at radius 2 is 1.30 bits per heavy atom. The molecule has 0 N–H and O–H groups in total. The van der Waals surface area contributed by atoms with Gasteiger partial charge in [0.25, 0.3) is 5.69 Å². The fraction of sp³-hybridized carbons (Fsp3) is 0.0455. The molecule has 1 heterocycles. The number of ether oxygens (including phenoxy) is 1. The molecule has 0 aliphatic carbocycles. The number of hydrogen-bond donors (Lipinski definition) is 0. The standard InChI is InChI=1S/C22H15NO4/c24-22-21(18-10-12-19(13-11-18)23(25)26)20(14-27-22)17-8-6-16(7-9-17)15-4-2-1-3-5-15/h1-13H,14H2. The Morgan fingerprint density at radius 1 is 0.741 bits per heavy atom. The summed E-state index contributed by atoms with van der Waals surface area (Å²) in [5, 5.41) is 10.8. The van der Waals surface area contributed by atoms with Gasteiger partial charge in [0, 0.05) is 17.7 Å². The molecular weight excluding hydrogens is 342 g/mol. The number of rotatable bonds is 4. The lowest BCUT2D eigenvalue weighted by atomic mass is 9.95. The zero-order valence-electron chi connectivity index (χ0n) is 14.3. The molecule has 0 saturated carbocycles.